The Kier molecular flexibility index (Phi) is 6.95. The zero-order valence-electron chi connectivity index (χ0n) is 27.1. The smallest absolute Gasteiger partial charge is 0.0998 e. The van der Waals surface area contributed by atoms with Gasteiger partial charge >= 0.3 is 0 Å². The van der Waals surface area contributed by atoms with Crippen molar-refractivity contribution < 1.29 is 0 Å². The van der Waals surface area contributed by atoms with Gasteiger partial charge in [0, 0.05) is 5.56 Å². The minimum absolute atomic E-state index is 0.632. The molecule has 230 valence electrons. The first-order valence-electron chi connectivity index (χ1n) is 16.7. The molecule has 0 N–H and O–H groups in total. The predicted molar refractivity (Wildman–Crippen MR) is 207 cm³/mol. The summed E-state index contributed by atoms with van der Waals surface area (Å²) in [6, 6.07) is 59.5. The largest absolute Gasteiger partial charge is 0.192 e. The van der Waals surface area contributed by atoms with Gasteiger partial charge in [-0.2, -0.15) is 10.5 Å². The lowest BCUT2D eigenvalue weighted by Gasteiger charge is -2.17. The highest BCUT2D eigenvalue weighted by Gasteiger charge is 2.24. The second-order valence-corrected chi connectivity index (χ2v) is 12.6. The third kappa shape index (κ3) is 4.63. The minimum atomic E-state index is 0.632. The molecule has 8 aromatic rings. The van der Waals surface area contributed by atoms with Crippen molar-refractivity contribution in [3.8, 4) is 67.8 Å². The lowest BCUT2D eigenvalue weighted by atomic mass is 9.86. The summed E-state index contributed by atoms with van der Waals surface area (Å²) >= 11 is 0. The maximum Gasteiger partial charge on any atom is 0.0998 e. The van der Waals surface area contributed by atoms with E-state index in [1.165, 1.54) is 44.2 Å². The Hall–Kier alpha value is -7.00. The third-order valence-corrected chi connectivity index (χ3v) is 9.97. The topological polar surface area (TPSA) is 47.6 Å². The van der Waals surface area contributed by atoms with E-state index in [0.717, 1.165) is 44.2 Å². The van der Waals surface area contributed by atoms with Crippen LogP contribution >= 0.6 is 0 Å². The van der Waals surface area contributed by atoms with E-state index in [1.54, 1.807) is 0 Å². The van der Waals surface area contributed by atoms with Crippen LogP contribution in [0.4, 0.5) is 0 Å². The Morgan fingerprint density at radius 2 is 1.00 bits per heavy atom. The van der Waals surface area contributed by atoms with Gasteiger partial charge in [-0.3, -0.25) is 0 Å². The van der Waals surface area contributed by atoms with E-state index in [4.69, 9.17) is 0 Å². The van der Waals surface area contributed by atoms with Gasteiger partial charge in [-0.25, -0.2) is 0 Å². The van der Waals surface area contributed by atoms with Crippen LogP contribution < -0.4 is 0 Å². The molecule has 1 aliphatic rings. The van der Waals surface area contributed by atoms with Gasteiger partial charge in [-0.1, -0.05) is 146 Å². The Labute approximate surface area is 291 Å². The summed E-state index contributed by atoms with van der Waals surface area (Å²) in [6.45, 7) is 0. The molecule has 1 aliphatic carbocycles. The van der Waals surface area contributed by atoms with Crippen LogP contribution in [0, 0.1) is 22.7 Å². The van der Waals surface area contributed by atoms with Gasteiger partial charge in [0.25, 0.3) is 0 Å². The zero-order valence-corrected chi connectivity index (χ0v) is 27.1. The quantitative estimate of drug-likeness (QED) is 0.177. The number of fused-ring (bicyclic) bond motifs is 4. The molecule has 0 heterocycles. The summed E-state index contributed by atoms with van der Waals surface area (Å²) in [5, 5.41) is 24.6. The lowest BCUT2D eigenvalue weighted by molar-refractivity contribution is 1.47. The van der Waals surface area contributed by atoms with Crippen LogP contribution in [0.3, 0.4) is 0 Å². The van der Waals surface area contributed by atoms with Crippen LogP contribution in [0.25, 0.3) is 89.3 Å². The van der Waals surface area contributed by atoms with Crippen molar-refractivity contribution >= 4 is 33.7 Å². The summed E-state index contributed by atoms with van der Waals surface area (Å²) in [5.74, 6) is 0. The van der Waals surface area contributed by atoms with Gasteiger partial charge in [0.1, 0.15) is 0 Å². The van der Waals surface area contributed by atoms with Crippen molar-refractivity contribution in [1.82, 2.24) is 0 Å². The van der Waals surface area contributed by atoms with Crippen molar-refractivity contribution in [3.05, 3.63) is 180 Å². The zero-order chi connectivity index (χ0) is 33.6. The molecule has 50 heavy (non-hydrogen) atoms. The summed E-state index contributed by atoms with van der Waals surface area (Å²) < 4.78 is 0. The highest BCUT2D eigenvalue weighted by molar-refractivity contribution is 6.19. The first-order chi connectivity index (χ1) is 24.7. The van der Waals surface area contributed by atoms with Crippen molar-refractivity contribution in [2.45, 2.75) is 0 Å². The number of rotatable bonds is 5. The SMILES string of the molecule is N#Cc1ccccc1C=Cc1c(-c2ccc3c(c2)-c2ccc(-c4ccccc4)c4cccc-3c24)cc(-c2ccccc2C#N)c2ccccc12. The summed E-state index contributed by atoms with van der Waals surface area (Å²) in [4.78, 5) is 0. The molecular formula is C48H28N2. The van der Waals surface area contributed by atoms with Crippen LogP contribution in [0.1, 0.15) is 22.3 Å². The fraction of sp³-hybridized carbons (Fsp3) is 0. The molecule has 0 unspecified atom stereocenters. The molecule has 9 rings (SSSR count). The monoisotopic (exact) mass is 632 g/mol. The maximum absolute atomic E-state index is 10.1. The number of nitriles is 2. The first-order valence-corrected chi connectivity index (χ1v) is 16.7. The summed E-state index contributed by atoms with van der Waals surface area (Å²) in [7, 11) is 0. The van der Waals surface area contributed by atoms with Crippen LogP contribution in [-0.4, -0.2) is 0 Å². The fourth-order valence-electron chi connectivity index (χ4n) is 7.67. The summed E-state index contributed by atoms with van der Waals surface area (Å²) in [6.07, 6.45) is 4.18. The van der Waals surface area contributed by atoms with Crippen molar-refractivity contribution in [3.63, 3.8) is 0 Å². The number of hydrogen-bond donors (Lipinski definition) is 0. The van der Waals surface area contributed by atoms with E-state index in [9.17, 15) is 10.5 Å². The number of hydrogen-bond acceptors (Lipinski definition) is 2. The molecule has 0 saturated heterocycles. The first kappa shape index (κ1) is 29.2. The molecule has 0 atom stereocenters. The van der Waals surface area contributed by atoms with E-state index in [-0.39, 0.29) is 0 Å². The molecule has 8 aromatic carbocycles. The van der Waals surface area contributed by atoms with Gasteiger partial charge in [0.05, 0.1) is 23.3 Å². The Morgan fingerprint density at radius 1 is 0.360 bits per heavy atom. The van der Waals surface area contributed by atoms with E-state index >= 15 is 0 Å². The molecule has 0 saturated carbocycles. The average molecular weight is 633 g/mol. The molecule has 0 bridgehead atoms. The number of benzene rings is 8. The van der Waals surface area contributed by atoms with Crippen LogP contribution in [0.5, 0.6) is 0 Å². The van der Waals surface area contributed by atoms with Crippen molar-refractivity contribution in [2.75, 3.05) is 0 Å². The Morgan fingerprint density at radius 3 is 1.84 bits per heavy atom. The Balaban J connectivity index is 1.30. The van der Waals surface area contributed by atoms with Gasteiger partial charge < -0.3 is 0 Å². The second kappa shape index (κ2) is 11.9. The molecule has 2 nitrogen and oxygen atoms in total. The molecule has 0 aliphatic heterocycles. The highest BCUT2D eigenvalue weighted by Crippen LogP contribution is 2.51. The maximum atomic E-state index is 10.1. The predicted octanol–water partition coefficient (Wildman–Crippen LogP) is 12.6. The van der Waals surface area contributed by atoms with Crippen LogP contribution in [-0.2, 0) is 0 Å². The molecule has 0 amide bonds. The molecule has 0 spiro atoms. The van der Waals surface area contributed by atoms with Crippen molar-refractivity contribution in [2.24, 2.45) is 0 Å². The van der Waals surface area contributed by atoms with Gasteiger partial charge in [-0.05, 0) is 107 Å². The lowest BCUT2D eigenvalue weighted by Crippen LogP contribution is -1.93. The second-order valence-electron chi connectivity index (χ2n) is 12.6. The minimum Gasteiger partial charge on any atom is -0.192 e. The van der Waals surface area contributed by atoms with E-state index < -0.39 is 0 Å². The standard InChI is InChI=1S/C48H28N2/c49-29-34-14-5-4-11-31(34)21-23-40-38-17-8-9-18-39(38)47(36-16-7-6-15-35(36)30-50)28-45(40)33-22-24-41-43-20-10-19-42-37(32-12-2-1-3-13-32)25-26-44(48(42)43)46(41)27-33/h1-28H. The van der Waals surface area contributed by atoms with Crippen molar-refractivity contribution in [1.29, 1.82) is 10.5 Å². The molecular weight excluding hydrogens is 605 g/mol. The molecule has 0 aromatic heterocycles. The van der Waals surface area contributed by atoms with Gasteiger partial charge in [0.15, 0.2) is 0 Å². The fourth-order valence-corrected chi connectivity index (χ4v) is 7.67. The molecule has 0 fully saturated rings. The third-order valence-electron chi connectivity index (χ3n) is 9.97. The Bertz CT molecular complexity index is 2770. The van der Waals surface area contributed by atoms with Gasteiger partial charge in [-0.15, -0.1) is 0 Å². The molecule has 2 heteroatoms. The average Bonchev–Trinajstić information content (AvgIpc) is 3.51. The highest BCUT2D eigenvalue weighted by atomic mass is 14.3. The van der Waals surface area contributed by atoms with E-state index in [2.05, 4.69) is 127 Å². The van der Waals surface area contributed by atoms with Crippen LogP contribution in [0.2, 0.25) is 0 Å². The van der Waals surface area contributed by atoms with Gasteiger partial charge in [0.2, 0.25) is 0 Å². The summed E-state index contributed by atoms with van der Waals surface area (Å²) in [5.41, 5.74) is 14.7. The number of nitrogens with zero attached hydrogens (tertiary/aromatic N) is 2. The van der Waals surface area contributed by atoms with E-state index in [1.807, 2.05) is 54.6 Å². The van der Waals surface area contributed by atoms with E-state index in [0.29, 0.717) is 11.1 Å². The molecule has 0 radical (unpaired) electrons. The normalized spacial score (nSPS) is 11.5. The van der Waals surface area contributed by atoms with Crippen LogP contribution in [0.15, 0.2) is 158 Å².